The quantitative estimate of drug-likeness (QED) is 0.635. The van der Waals surface area contributed by atoms with Gasteiger partial charge in [0.2, 0.25) is 10.0 Å². The van der Waals surface area contributed by atoms with Crippen molar-refractivity contribution in [2.75, 3.05) is 26.0 Å². The second-order valence-electron chi connectivity index (χ2n) is 7.28. The summed E-state index contributed by atoms with van der Waals surface area (Å²) in [7, 11) is 1.97. The third-order valence-electron chi connectivity index (χ3n) is 5.23. The maximum Gasteiger partial charge on any atom is 0.243 e. The molecular formula is C21H28N4O2S. The van der Waals surface area contributed by atoms with Gasteiger partial charge in [0.05, 0.1) is 10.6 Å². The Bertz CT molecular complexity index is 1120. The highest BCUT2D eigenvalue weighted by atomic mass is 32.2. The van der Waals surface area contributed by atoms with E-state index in [9.17, 15) is 8.42 Å². The number of fused-ring (bicyclic) bond motifs is 1. The van der Waals surface area contributed by atoms with E-state index in [0.717, 1.165) is 40.0 Å². The number of rotatable bonds is 6. The zero-order valence-corrected chi connectivity index (χ0v) is 18.2. The van der Waals surface area contributed by atoms with Crippen LogP contribution >= 0.6 is 0 Å². The molecule has 6 nitrogen and oxygen atoms in total. The van der Waals surface area contributed by atoms with E-state index in [-0.39, 0.29) is 0 Å². The minimum atomic E-state index is -3.61. The SMILES string of the molecule is CCn1nc(C)c(CN(C)S(=O)(=O)c2ccc3c(N(C)C)cccc3c2)c1C. The first-order chi connectivity index (χ1) is 13.2. The standard InChI is InChI=1S/C21H28N4O2S/c1-7-25-16(3)20(15(2)22-25)14-24(6)28(26,27)18-11-12-19-17(13-18)9-8-10-21(19)23(4)5/h8-13H,7,14H2,1-6H3. The summed E-state index contributed by atoms with van der Waals surface area (Å²) >= 11 is 0. The molecule has 0 N–H and O–H groups in total. The van der Waals surface area contributed by atoms with Gasteiger partial charge in [0.1, 0.15) is 0 Å². The highest BCUT2D eigenvalue weighted by Gasteiger charge is 2.24. The van der Waals surface area contributed by atoms with Crippen molar-refractivity contribution >= 4 is 26.5 Å². The van der Waals surface area contributed by atoms with E-state index < -0.39 is 10.0 Å². The van der Waals surface area contributed by atoms with Crippen LogP contribution in [0.25, 0.3) is 10.8 Å². The zero-order valence-electron chi connectivity index (χ0n) is 17.4. The zero-order chi connectivity index (χ0) is 20.6. The summed E-state index contributed by atoms with van der Waals surface area (Å²) < 4.78 is 29.7. The van der Waals surface area contributed by atoms with Gasteiger partial charge in [-0.05, 0) is 44.4 Å². The van der Waals surface area contributed by atoms with Crippen LogP contribution in [0.3, 0.4) is 0 Å². The molecule has 1 heterocycles. The van der Waals surface area contributed by atoms with Crippen LogP contribution in [-0.4, -0.2) is 43.6 Å². The Hall–Kier alpha value is -2.38. The van der Waals surface area contributed by atoms with Crippen LogP contribution in [0.5, 0.6) is 0 Å². The maximum absolute atomic E-state index is 13.2. The highest BCUT2D eigenvalue weighted by Crippen LogP contribution is 2.29. The highest BCUT2D eigenvalue weighted by molar-refractivity contribution is 7.89. The summed E-state index contributed by atoms with van der Waals surface area (Å²) in [5.74, 6) is 0. The first kappa shape index (κ1) is 20.4. The summed E-state index contributed by atoms with van der Waals surface area (Å²) in [5, 5.41) is 6.44. The third kappa shape index (κ3) is 3.52. The van der Waals surface area contributed by atoms with Gasteiger partial charge >= 0.3 is 0 Å². The molecule has 0 bridgehead atoms. The minimum absolute atomic E-state index is 0.301. The van der Waals surface area contributed by atoms with Crippen molar-refractivity contribution in [3.05, 3.63) is 53.3 Å². The molecule has 0 fully saturated rings. The molecular weight excluding hydrogens is 372 g/mol. The lowest BCUT2D eigenvalue weighted by molar-refractivity contribution is 0.465. The van der Waals surface area contributed by atoms with Gasteiger partial charge in [-0.2, -0.15) is 9.40 Å². The normalized spacial score (nSPS) is 12.1. The molecule has 3 rings (SSSR count). The number of aromatic nitrogens is 2. The largest absolute Gasteiger partial charge is 0.377 e. The van der Waals surface area contributed by atoms with Gasteiger partial charge < -0.3 is 4.90 Å². The minimum Gasteiger partial charge on any atom is -0.377 e. The molecule has 0 saturated heterocycles. The van der Waals surface area contributed by atoms with Gasteiger partial charge in [-0.3, -0.25) is 4.68 Å². The molecule has 28 heavy (non-hydrogen) atoms. The fourth-order valence-electron chi connectivity index (χ4n) is 3.55. The molecule has 0 saturated carbocycles. The number of aryl methyl sites for hydroxylation is 2. The maximum atomic E-state index is 13.2. The predicted molar refractivity (Wildman–Crippen MR) is 114 cm³/mol. The van der Waals surface area contributed by atoms with E-state index in [0.29, 0.717) is 11.4 Å². The van der Waals surface area contributed by atoms with Crippen LogP contribution in [0.1, 0.15) is 23.9 Å². The number of benzene rings is 2. The second kappa shape index (κ2) is 7.56. The lowest BCUT2D eigenvalue weighted by atomic mass is 10.1. The molecule has 2 aromatic carbocycles. The molecule has 1 aromatic heterocycles. The van der Waals surface area contributed by atoms with E-state index in [1.165, 1.54) is 4.31 Å². The fourth-order valence-corrected chi connectivity index (χ4v) is 4.73. The Morgan fingerprint density at radius 3 is 2.39 bits per heavy atom. The topological polar surface area (TPSA) is 58.4 Å². The molecule has 0 aliphatic rings. The summed E-state index contributed by atoms with van der Waals surface area (Å²) in [6.45, 7) is 7.00. The van der Waals surface area contributed by atoms with Crippen molar-refractivity contribution in [3.8, 4) is 0 Å². The van der Waals surface area contributed by atoms with Crippen LogP contribution in [0.2, 0.25) is 0 Å². The van der Waals surface area contributed by atoms with Crippen molar-refractivity contribution in [2.24, 2.45) is 0 Å². The molecule has 0 radical (unpaired) electrons. The number of sulfonamides is 1. The number of anilines is 1. The van der Waals surface area contributed by atoms with Gasteiger partial charge in [0.15, 0.2) is 0 Å². The van der Waals surface area contributed by atoms with Crippen LogP contribution in [-0.2, 0) is 23.1 Å². The fraction of sp³-hybridized carbons (Fsp3) is 0.381. The first-order valence-corrected chi connectivity index (χ1v) is 10.8. The first-order valence-electron chi connectivity index (χ1n) is 9.36. The predicted octanol–water partition coefficient (Wildman–Crippen LogP) is 3.56. The molecule has 3 aromatic rings. The average Bonchev–Trinajstić information content (AvgIpc) is 2.94. The molecule has 0 atom stereocenters. The van der Waals surface area contributed by atoms with E-state index in [4.69, 9.17) is 0 Å². The van der Waals surface area contributed by atoms with Gasteiger partial charge in [-0.25, -0.2) is 8.42 Å². The Labute approximate surface area is 167 Å². The second-order valence-corrected chi connectivity index (χ2v) is 9.33. The summed E-state index contributed by atoms with van der Waals surface area (Å²) in [6.07, 6.45) is 0. The number of nitrogens with zero attached hydrogens (tertiary/aromatic N) is 4. The Morgan fingerprint density at radius 2 is 1.79 bits per heavy atom. The van der Waals surface area contributed by atoms with E-state index in [2.05, 4.69) is 5.10 Å². The van der Waals surface area contributed by atoms with Crippen molar-refractivity contribution in [2.45, 2.75) is 38.8 Å². The lowest BCUT2D eigenvalue weighted by Gasteiger charge is -2.19. The van der Waals surface area contributed by atoms with Gasteiger partial charge in [-0.15, -0.1) is 0 Å². The van der Waals surface area contributed by atoms with Gasteiger partial charge in [0.25, 0.3) is 0 Å². The molecule has 0 spiro atoms. The van der Waals surface area contributed by atoms with Crippen molar-refractivity contribution in [1.29, 1.82) is 0 Å². The average molecular weight is 401 g/mol. The molecule has 0 amide bonds. The molecule has 150 valence electrons. The van der Waals surface area contributed by atoms with Crippen LogP contribution in [0, 0.1) is 13.8 Å². The Morgan fingerprint density at radius 1 is 1.07 bits per heavy atom. The van der Waals surface area contributed by atoms with Crippen LogP contribution in [0.15, 0.2) is 41.3 Å². The molecule has 0 aliphatic carbocycles. The summed E-state index contributed by atoms with van der Waals surface area (Å²) in [6, 6.07) is 11.3. The van der Waals surface area contributed by atoms with Gasteiger partial charge in [-0.1, -0.05) is 18.2 Å². The Balaban J connectivity index is 1.97. The molecule has 0 unspecified atom stereocenters. The van der Waals surface area contributed by atoms with E-state index in [1.54, 1.807) is 19.2 Å². The summed E-state index contributed by atoms with van der Waals surface area (Å²) in [4.78, 5) is 2.33. The Kier molecular flexibility index (Phi) is 5.50. The number of hydrogen-bond donors (Lipinski definition) is 0. The summed E-state index contributed by atoms with van der Waals surface area (Å²) in [5.41, 5.74) is 3.91. The lowest BCUT2D eigenvalue weighted by Crippen LogP contribution is -2.27. The van der Waals surface area contributed by atoms with E-state index in [1.807, 2.05) is 68.7 Å². The van der Waals surface area contributed by atoms with Gasteiger partial charge in [0, 0.05) is 56.6 Å². The monoisotopic (exact) mass is 400 g/mol. The van der Waals surface area contributed by atoms with Crippen LogP contribution in [0.4, 0.5) is 5.69 Å². The van der Waals surface area contributed by atoms with Crippen LogP contribution < -0.4 is 4.90 Å². The number of hydrogen-bond acceptors (Lipinski definition) is 4. The van der Waals surface area contributed by atoms with Crippen molar-refractivity contribution in [3.63, 3.8) is 0 Å². The molecule has 0 aliphatic heterocycles. The van der Waals surface area contributed by atoms with Crippen molar-refractivity contribution < 1.29 is 8.42 Å². The van der Waals surface area contributed by atoms with E-state index >= 15 is 0 Å². The smallest absolute Gasteiger partial charge is 0.243 e. The third-order valence-corrected chi connectivity index (χ3v) is 7.03. The van der Waals surface area contributed by atoms with Crippen molar-refractivity contribution in [1.82, 2.24) is 14.1 Å². The molecule has 7 heteroatoms.